The van der Waals surface area contributed by atoms with Crippen LogP contribution < -0.4 is 0 Å². The molecule has 0 aromatic carbocycles. The molecule has 0 bridgehead atoms. The number of aliphatic hydroxyl groups is 1. The molecule has 0 rings (SSSR count). The highest BCUT2D eigenvalue weighted by Gasteiger charge is 2.30. The molecule has 5 unspecified atom stereocenters. The molecule has 7 atom stereocenters. The van der Waals surface area contributed by atoms with E-state index in [4.69, 9.17) is 37.0 Å². The van der Waals surface area contributed by atoms with Gasteiger partial charge in [-0.3, -0.25) is 37.3 Å². The maximum Gasteiger partial charge on any atom is 0.472 e. The van der Waals surface area contributed by atoms with Crippen LogP contribution in [0.2, 0.25) is 0 Å². The van der Waals surface area contributed by atoms with Gasteiger partial charge in [0.25, 0.3) is 0 Å². The first-order valence-electron chi connectivity index (χ1n) is 35.3. The van der Waals surface area contributed by atoms with E-state index in [0.29, 0.717) is 31.6 Å². The molecule has 0 saturated carbocycles. The molecule has 17 nitrogen and oxygen atoms in total. The standard InChI is InChI=1S/C68H132O17P2/c1-9-60(7)46-38-30-22-17-18-24-34-42-50-67(72)84-63(54-79-66(71)49-41-33-25-19-21-29-37-45-59(5)6)56-82-86(74,75)80-52-62(69)53-81-87(76,77)83-57-64(85-68(73)51-43-35-27-26-31-39-47-61(8)10-2)55-78-65(70)48-40-32-23-16-14-12-11-13-15-20-28-36-44-58(3)4/h58-64,69H,9-57H2,1-8H3,(H,74,75)(H,76,77)/t60?,61?,62?,63-,64-/m1/s1. The van der Waals surface area contributed by atoms with E-state index in [9.17, 15) is 43.2 Å². The largest absolute Gasteiger partial charge is 0.472 e. The molecule has 0 aromatic heterocycles. The van der Waals surface area contributed by atoms with Crippen LogP contribution in [0, 0.1) is 23.7 Å². The van der Waals surface area contributed by atoms with Crippen LogP contribution in [0.25, 0.3) is 0 Å². The predicted molar refractivity (Wildman–Crippen MR) is 349 cm³/mol. The SMILES string of the molecule is CCC(C)CCCCCCCCCCC(=O)O[C@H](COC(=O)CCCCCCCCCC(C)C)COP(=O)(O)OCC(O)COP(=O)(O)OC[C@@H](COC(=O)CCCCCCCCCCCCCCC(C)C)OC(=O)CCCCCCCCC(C)CC. The van der Waals surface area contributed by atoms with Gasteiger partial charge in [0.2, 0.25) is 0 Å². The summed E-state index contributed by atoms with van der Waals surface area (Å²) in [5, 5.41) is 10.6. The average Bonchev–Trinajstić information content (AvgIpc) is 3.52. The summed E-state index contributed by atoms with van der Waals surface area (Å²) in [7, 11) is -9.90. The molecular weight excluding hydrogens is 1150 g/mol. The van der Waals surface area contributed by atoms with Crippen LogP contribution in [-0.2, 0) is 65.4 Å². The van der Waals surface area contributed by atoms with Crippen molar-refractivity contribution in [1.82, 2.24) is 0 Å². The fraction of sp³-hybridized carbons (Fsp3) is 0.941. The second-order valence-corrected chi connectivity index (χ2v) is 28.9. The van der Waals surface area contributed by atoms with Crippen LogP contribution in [0.4, 0.5) is 0 Å². The lowest BCUT2D eigenvalue weighted by Gasteiger charge is -2.21. The normalized spacial score (nSPS) is 15.0. The fourth-order valence-corrected chi connectivity index (χ4v) is 11.7. The topological polar surface area (TPSA) is 237 Å². The first kappa shape index (κ1) is 85.1. The van der Waals surface area contributed by atoms with Crippen molar-refractivity contribution in [3.8, 4) is 0 Å². The smallest absolute Gasteiger partial charge is 0.462 e. The minimum Gasteiger partial charge on any atom is -0.462 e. The number of esters is 4. The molecular formula is C68H132O17P2. The number of hydrogen-bond donors (Lipinski definition) is 3. The van der Waals surface area contributed by atoms with E-state index in [1.807, 2.05) is 0 Å². The van der Waals surface area contributed by atoms with Crippen molar-refractivity contribution in [2.45, 2.75) is 350 Å². The first-order chi connectivity index (χ1) is 41.7. The van der Waals surface area contributed by atoms with E-state index in [-0.39, 0.29) is 25.7 Å². The zero-order chi connectivity index (χ0) is 64.7. The molecule has 0 spiro atoms. The molecule has 0 heterocycles. The summed E-state index contributed by atoms with van der Waals surface area (Å²) in [5.74, 6) is 0.840. The van der Waals surface area contributed by atoms with Gasteiger partial charge in [0.15, 0.2) is 12.2 Å². The molecule has 87 heavy (non-hydrogen) atoms. The van der Waals surface area contributed by atoms with Crippen LogP contribution in [0.3, 0.4) is 0 Å². The third kappa shape index (κ3) is 60.1. The molecule has 19 heteroatoms. The number of carbonyl (C=O) groups is 4. The average molecular weight is 1280 g/mol. The van der Waals surface area contributed by atoms with Gasteiger partial charge in [0.05, 0.1) is 26.4 Å². The highest BCUT2D eigenvalue weighted by atomic mass is 31.2. The minimum absolute atomic E-state index is 0.102. The quantitative estimate of drug-likeness (QED) is 0.0222. The molecule has 0 saturated heterocycles. The Balaban J connectivity index is 5.24. The summed E-state index contributed by atoms with van der Waals surface area (Å²) in [4.78, 5) is 72.4. The zero-order valence-electron chi connectivity index (χ0n) is 56.6. The first-order valence-corrected chi connectivity index (χ1v) is 38.3. The number of carbonyl (C=O) groups excluding carboxylic acids is 4. The van der Waals surface area contributed by atoms with Crippen molar-refractivity contribution in [2.24, 2.45) is 23.7 Å². The summed E-state index contributed by atoms with van der Waals surface area (Å²) in [6, 6.07) is 0. The van der Waals surface area contributed by atoms with Crippen molar-refractivity contribution < 1.29 is 80.2 Å². The number of phosphoric acid groups is 2. The van der Waals surface area contributed by atoms with Gasteiger partial charge in [0, 0.05) is 25.7 Å². The summed E-state index contributed by atoms with van der Waals surface area (Å²) >= 11 is 0. The Labute approximate surface area is 530 Å². The maximum absolute atomic E-state index is 13.0. The molecule has 3 N–H and O–H groups in total. The van der Waals surface area contributed by atoms with Crippen molar-refractivity contribution in [2.75, 3.05) is 39.6 Å². The minimum atomic E-state index is -4.95. The Morgan fingerprint density at radius 1 is 0.322 bits per heavy atom. The van der Waals surface area contributed by atoms with Crippen LogP contribution in [-0.4, -0.2) is 96.7 Å². The highest BCUT2D eigenvalue weighted by Crippen LogP contribution is 2.45. The number of phosphoric ester groups is 2. The highest BCUT2D eigenvalue weighted by molar-refractivity contribution is 7.47. The Bertz CT molecular complexity index is 1730. The summed E-state index contributed by atoms with van der Waals surface area (Å²) in [5.41, 5.74) is 0. The number of unbranched alkanes of at least 4 members (excludes halogenated alkanes) is 29. The lowest BCUT2D eigenvalue weighted by Crippen LogP contribution is -2.30. The molecule has 0 aliphatic heterocycles. The third-order valence-electron chi connectivity index (χ3n) is 16.3. The zero-order valence-corrected chi connectivity index (χ0v) is 58.4. The molecule has 0 aliphatic rings. The molecule has 516 valence electrons. The molecule has 0 aliphatic carbocycles. The maximum atomic E-state index is 13.0. The number of ether oxygens (including phenoxy) is 4. The van der Waals surface area contributed by atoms with E-state index >= 15 is 0 Å². The van der Waals surface area contributed by atoms with Gasteiger partial charge in [-0.05, 0) is 49.4 Å². The monoisotopic (exact) mass is 1280 g/mol. The second-order valence-electron chi connectivity index (χ2n) is 26.0. The van der Waals surface area contributed by atoms with Crippen molar-refractivity contribution in [1.29, 1.82) is 0 Å². The van der Waals surface area contributed by atoms with Crippen LogP contribution >= 0.6 is 15.6 Å². The van der Waals surface area contributed by atoms with E-state index in [0.717, 1.165) is 114 Å². The van der Waals surface area contributed by atoms with E-state index < -0.39 is 97.5 Å². The van der Waals surface area contributed by atoms with Crippen molar-refractivity contribution >= 4 is 39.5 Å². The Morgan fingerprint density at radius 3 is 0.816 bits per heavy atom. The van der Waals surface area contributed by atoms with Crippen LogP contribution in [0.15, 0.2) is 0 Å². The lowest BCUT2D eigenvalue weighted by atomic mass is 9.99. The van der Waals surface area contributed by atoms with E-state index in [1.54, 1.807) is 0 Å². The summed E-state index contributed by atoms with van der Waals surface area (Å²) < 4.78 is 68.2. The van der Waals surface area contributed by atoms with Gasteiger partial charge in [-0.1, -0.05) is 280 Å². The number of rotatable bonds is 65. The molecule has 0 amide bonds. The van der Waals surface area contributed by atoms with Gasteiger partial charge in [-0.15, -0.1) is 0 Å². The summed E-state index contributed by atoms with van der Waals surface area (Å²) in [6.07, 6.45) is 39.0. The van der Waals surface area contributed by atoms with Gasteiger partial charge in [0.1, 0.15) is 19.3 Å². The Morgan fingerprint density at radius 2 is 0.552 bits per heavy atom. The predicted octanol–water partition coefficient (Wildman–Crippen LogP) is 18.9. The van der Waals surface area contributed by atoms with Crippen molar-refractivity contribution in [3.05, 3.63) is 0 Å². The molecule has 0 fully saturated rings. The number of aliphatic hydroxyl groups excluding tert-OH is 1. The fourth-order valence-electron chi connectivity index (χ4n) is 10.1. The number of hydrogen-bond acceptors (Lipinski definition) is 15. The van der Waals surface area contributed by atoms with Crippen molar-refractivity contribution in [3.63, 3.8) is 0 Å². The van der Waals surface area contributed by atoms with Crippen LogP contribution in [0.5, 0.6) is 0 Å². The van der Waals surface area contributed by atoms with Gasteiger partial charge >= 0.3 is 39.5 Å². The van der Waals surface area contributed by atoms with E-state index in [1.165, 1.54) is 128 Å². The third-order valence-corrected chi connectivity index (χ3v) is 18.2. The second kappa shape index (κ2) is 57.9. The van der Waals surface area contributed by atoms with Crippen LogP contribution in [0.1, 0.15) is 331 Å². The van der Waals surface area contributed by atoms with Gasteiger partial charge in [-0.25, -0.2) is 9.13 Å². The Kier molecular flexibility index (Phi) is 56.6. The van der Waals surface area contributed by atoms with Gasteiger partial charge < -0.3 is 33.8 Å². The van der Waals surface area contributed by atoms with E-state index in [2.05, 4.69) is 55.4 Å². The lowest BCUT2D eigenvalue weighted by molar-refractivity contribution is -0.161. The molecule has 0 radical (unpaired) electrons. The summed E-state index contributed by atoms with van der Waals surface area (Å²) in [6.45, 7) is 14.0. The van der Waals surface area contributed by atoms with Gasteiger partial charge in [-0.2, -0.15) is 0 Å². The molecule has 0 aromatic rings. The Hall–Kier alpha value is -1.94.